The predicted molar refractivity (Wildman–Crippen MR) is 86.8 cm³/mol. The van der Waals surface area contributed by atoms with E-state index in [1.54, 1.807) is 18.9 Å². The quantitative estimate of drug-likeness (QED) is 0.928. The van der Waals surface area contributed by atoms with Crippen LogP contribution in [0.5, 0.6) is 0 Å². The van der Waals surface area contributed by atoms with E-state index in [9.17, 15) is 0 Å². The van der Waals surface area contributed by atoms with E-state index in [4.69, 9.17) is 4.74 Å². The lowest BCUT2D eigenvalue weighted by Gasteiger charge is -2.17. The van der Waals surface area contributed by atoms with Crippen molar-refractivity contribution < 1.29 is 4.74 Å². The number of ether oxygens (including phenoxy) is 1. The highest BCUT2D eigenvalue weighted by atomic mass is 32.2. The second kappa shape index (κ2) is 6.90. The third-order valence-electron chi connectivity index (χ3n) is 3.22. The number of nitrogens with one attached hydrogen (secondary N) is 1. The van der Waals surface area contributed by atoms with E-state index in [0.717, 1.165) is 16.6 Å². The Balaban J connectivity index is 2.07. The number of aliphatic imine (C=N–C) groups is 1. The summed E-state index contributed by atoms with van der Waals surface area (Å²) in [6.07, 6.45) is 0. The fourth-order valence-electron chi connectivity index (χ4n) is 1.93. The van der Waals surface area contributed by atoms with Crippen LogP contribution in [0.3, 0.4) is 0 Å². The fraction of sp³-hybridized carbons (Fsp3) is 0.467. The number of hydrogen-bond acceptors (Lipinski definition) is 4. The average molecular weight is 291 g/mol. The zero-order valence-electron chi connectivity index (χ0n) is 12.4. The molecular formula is C15H21N3OS. The van der Waals surface area contributed by atoms with Crippen LogP contribution in [0, 0.1) is 13.8 Å². The number of hydrogen-bond donors (Lipinski definition) is 1. The van der Waals surface area contributed by atoms with E-state index < -0.39 is 0 Å². The van der Waals surface area contributed by atoms with Gasteiger partial charge in [-0.2, -0.15) is 5.10 Å². The summed E-state index contributed by atoms with van der Waals surface area (Å²) in [7, 11) is 1.69. The molecule has 1 heterocycles. The maximum Gasteiger partial charge on any atom is 0.177 e. The summed E-state index contributed by atoms with van der Waals surface area (Å²) in [5.41, 5.74) is 7.88. The van der Waals surface area contributed by atoms with Gasteiger partial charge in [0.25, 0.3) is 0 Å². The molecular weight excluding hydrogens is 270 g/mol. The van der Waals surface area contributed by atoms with E-state index in [2.05, 4.69) is 47.6 Å². The molecule has 1 atom stereocenters. The maximum atomic E-state index is 5.08. The molecule has 0 spiro atoms. The monoisotopic (exact) mass is 291 g/mol. The molecule has 20 heavy (non-hydrogen) atoms. The molecule has 1 aliphatic rings. The first kappa shape index (κ1) is 15.1. The number of benzene rings is 1. The van der Waals surface area contributed by atoms with Crippen LogP contribution in [0.15, 0.2) is 28.3 Å². The van der Waals surface area contributed by atoms with Crippen molar-refractivity contribution in [3.8, 4) is 0 Å². The summed E-state index contributed by atoms with van der Waals surface area (Å²) in [6, 6.07) is 6.60. The smallest absolute Gasteiger partial charge is 0.177 e. The number of methoxy groups -OCH3 is 1. The van der Waals surface area contributed by atoms with Crippen molar-refractivity contribution >= 4 is 22.6 Å². The molecule has 5 heteroatoms. The number of amidine groups is 1. The molecule has 108 valence electrons. The summed E-state index contributed by atoms with van der Waals surface area (Å²) >= 11 is 1.68. The average Bonchev–Trinajstić information content (AvgIpc) is 2.43. The molecule has 1 aliphatic heterocycles. The molecule has 1 N–H and O–H groups in total. The van der Waals surface area contributed by atoms with Crippen LogP contribution in [0.25, 0.3) is 0 Å². The third-order valence-corrected chi connectivity index (χ3v) is 4.11. The molecule has 4 nitrogen and oxygen atoms in total. The first-order chi connectivity index (χ1) is 9.60. The van der Waals surface area contributed by atoms with Gasteiger partial charge in [-0.1, -0.05) is 23.9 Å². The van der Waals surface area contributed by atoms with Crippen LogP contribution >= 0.6 is 11.8 Å². The molecule has 1 unspecified atom stereocenters. The van der Waals surface area contributed by atoms with Crippen molar-refractivity contribution in [3.05, 3.63) is 34.9 Å². The lowest BCUT2D eigenvalue weighted by molar-refractivity contribution is 0.186. The van der Waals surface area contributed by atoms with Crippen LogP contribution in [0.1, 0.15) is 23.6 Å². The number of thioether (sulfide) groups is 1. The van der Waals surface area contributed by atoms with Crippen LogP contribution in [0.2, 0.25) is 0 Å². The molecule has 0 amide bonds. The molecule has 2 rings (SSSR count). The van der Waals surface area contributed by atoms with Crippen molar-refractivity contribution in [3.63, 3.8) is 0 Å². The van der Waals surface area contributed by atoms with E-state index in [1.165, 1.54) is 16.7 Å². The molecule has 0 radical (unpaired) electrons. The summed E-state index contributed by atoms with van der Waals surface area (Å²) in [6.45, 7) is 6.90. The van der Waals surface area contributed by atoms with Crippen molar-refractivity contribution in [1.29, 1.82) is 0 Å². The van der Waals surface area contributed by atoms with E-state index in [-0.39, 0.29) is 6.04 Å². The van der Waals surface area contributed by atoms with Crippen molar-refractivity contribution in [2.24, 2.45) is 10.1 Å². The third kappa shape index (κ3) is 3.84. The minimum atomic E-state index is 0.147. The second-order valence-corrected chi connectivity index (χ2v) is 5.96. The Kier molecular flexibility index (Phi) is 5.20. The van der Waals surface area contributed by atoms with Gasteiger partial charge in [0.1, 0.15) is 0 Å². The minimum absolute atomic E-state index is 0.147. The Morgan fingerprint density at radius 1 is 1.40 bits per heavy atom. The lowest BCUT2D eigenvalue weighted by Crippen LogP contribution is -2.27. The lowest BCUT2D eigenvalue weighted by atomic mass is 10.0. The highest BCUT2D eigenvalue weighted by Gasteiger charge is 2.14. The van der Waals surface area contributed by atoms with Gasteiger partial charge in [0.15, 0.2) is 5.17 Å². The number of nitrogens with zero attached hydrogens (tertiary/aromatic N) is 2. The van der Waals surface area contributed by atoms with Gasteiger partial charge in [0, 0.05) is 12.9 Å². The Bertz CT molecular complexity index is 540. The van der Waals surface area contributed by atoms with Crippen LogP contribution < -0.4 is 5.43 Å². The number of rotatable bonds is 4. The summed E-state index contributed by atoms with van der Waals surface area (Å²) in [5.74, 6) is 0.841. The zero-order valence-corrected chi connectivity index (χ0v) is 13.3. The second-order valence-electron chi connectivity index (χ2n) is 5.00. The SMILES string of the molecule is COCC(C)N=C1NN=C(c2ccc(C)c(C)c2)CS1. The Hall–Kier alpha value is -1.33. The van der Waals surface area contributed by atoms with Gasteiger partial charge in [-0.3, -0.25) is 10.4 Å². The molecule has 1 aromatic rings. The highest BCUT2D eigenvalue weighted by molar-refractivity contribution is 8.14. The standard InChI is InChI=1S/C15H21N3OS/c1-10-5-6-13(7-11(10)2)14-9-20-15(18-17-14)16-12(3)8-19-4/h5-7,12H,8-9H2,1-4H3,(H,16,18). The molecule has 0 aromatic heterocycles. The van der Waals surface area contributed by atoms with Gasteiger partial charge in [-0.05, 0) is 43.5 Å². The van der Waals surface area contributed by atoms with Crippen molar-refractivity contribution in [2.75, 3.05) is 19.5 Å². The largest absolute Gasteiger partial charge is 0.382 e. The van der Waals surface area contributed by atoms with E-state index >= 15 is 0 Å². The van der Waals surface area contributed by atoms with Crippen LogP contribution in [-0.2, 0) is 4.74 Å². The maximum absolute atomic E-state index is 5.08. The molecule has 0 fully saturated rings. The summed E-state index contributed by atoms with van der Waals surface area (Å²) < 4.78 is 5.08. The summed E-state index contributed by atoms with van der Waals surface area (Å²) in [5, 5.41) is 5.30. The molecule has 0 saturated heterocycles. The first-order valence-corrected chi connectivity index (χ1v) is 7.68. The van der Waals surface area contributed by atoms with Crippen molar-refractivity contribution in [2.45, 2.75) is 26.8 Å². The van der Waals surface area contributed by atoms with Gasteiger partial charge in [0.2, 0.25) is 0 Å². The fourth-order valence-corrected chi connectivity index (χ4v) is 2.80. The molecule has 0 aliphatic carbocycles. The normalized spacial score (nSPS) is 18.6. The van der Waals surface area contributed by atoms with Gasteiger partial charge in [-0.25, -0.2) is 0 Å². The molecule has 0 saturated carbocycles. The number of aryl methyl sites for hydroxylation is 2. The topological polar surface area (TPSA) is 46.0 Å². The van der Waals surface area contributed by atoms with Gasteiger partial charge in [-0.15, -0.1) is 0 Å². The van der Waals surface area contributed by atoms with Gasteiger partial charge in [0.05, 0.1) is 18.4 Å². The van der Waals surface area contributed by atoms with Gasteiger partial charge >= 0.3 is 0 Å². The van der Waals surface area contributed by atoms with E-state index in [0.29, 0.717) is 6.61 Å². The molecule has 0 bridgehead atoms. The summed E-state index contributed by atoms with van der Waals surface area (Å²) in [4.78, 5) is 4.52. The Morgan fingerprint density at radius 2 is 2.20 bits per heavy atom. The highest BCUT2D eigenvalue weighted by Crippen LogP contribution is 2.17. The Morgan fingerprint density at radius 3 is 2.80 bits per heavy atom. The Labute approximate surface area is 124 Å². The van der Waals surface area contributed by atoms with E-state index in [1.807, 2.05) is 6.92 Å². The predicted octanol–water partition coefficient (Wildman–Crippen LogP) is 2.73. The van der Waals surface area contributed by atoms with Gasteiger partial charge < -0.3 is 4.74 Å². The zero-order chi connectivity index (χ0) is 14.5. The minimum Gasteiger partial charge on any atom is -0.382 e. The van der Waals surface area contributed by atoms with Crippen LogP contribution in [0.4, 0.5) is 0 Å². The number of hydrazone groups is 1. The van der Waals surface area contributed by atoms with Crippen molar-refractivity contribution in [1.82, 2.24) is 5.43 Å². The molecule has 1 aromatic carbocycles. The first-order valence-electron chi connectivity index (χ1n) is 6.70. The van der Waals surface area contributed by atoms with Crippen LogP contribution in [-0.4, -0.2) is 36.4 Å².